The van der Waals surface area contributed by atoms with Crippen molar-refractivity contribution in [3.63, 3.8) is 0 Å². The number of aromatic nitrogens is 4. The fraction of sp³-hybridized carbons (Fsp3) is 0.600. The summed E-state index contributed by atoms with van der Waals surface area (Å²) in [6, 6.07) is 0. The highest BCUT2D eigenvalue weighted by molar-refractivity contribution is 5.84. The van der Waals surface area contributed by atoms with Gasteiger partial charge in [0, 0.05) is 25.4 Å². The van der Waals surface area contributed by atoms with Gasteiger partial charge in [-0.3, -0.25) is 4.79 Å². The molecule has 2 aromatic heterocycles. The maximum absolute atomic E-state index is 11.1. The van der Waals surface area contributed by atoms with Crippen molar-refractivity contribution in [2.24, 2.45) is 0 Å². The predicted molar refractivity (Wildman–Crippen MR) is 87.4 cm³/mol. The zero-order valence-electron chi connectivity index (χ0n) is 13.9. The number of nitrogens with zero attached hydrogens (tertiary/aromatic N) is 4. The Kier molecular flexibility index (Phi) is 3.83. The van der Waals surface area contributed by atoms with Crippen LogP contribution in [0.4, 0.5) is 11.8 Å². The number of ether oxygens (including phenoxy) is 1. The van der Waals surface area contributed by atoms with Crippen LogP contribution in [-0.2, 0) is 9.53 Å². The number of hydrogen-bond acceptors (Lipinski definition) is 7. The first-order valence-corrected chi connectivity index (χ1v) is 7.73. The first kappa shape index (κ1) is 15.5. The van der Waals surface area contributed by atoms with Crippen LogP contribution in [0.1, 0.15) is 34.1 Å². The van der Waals surface area contributed by atoms with Crippen LogP contribution in [0.5, 0.6) is 0 Å². The van der Waals surface area contributed by atoms with Crippen molar-refractivity contribution in [2.75, 3.05) is 23.3 Å². The Labute approximate surface area is 134 Å². The number of imidazole rings is 1. The number of aromatic amines is 1. The SMILES string of the molecule is CC(=O)O[C@H]1CCN(c2nc(NC(C)(C)C)nc3[nH]cnc23)C1. The Bertz CT molecular complexity index is 720. The van der Waals surface area contributed by atoms with Crippen LogP contribution in [0.3, 0.4) is 0 Å². The largest absolute Gasteiger partial charge is 0.461 e. The van der Waals surface area contributed by atoms with E-state index >= 15 is 0 Å². The molecule has 1 atom stereocenters. The van der Waals surface area contributed by atoms with Gasteiger partial charge in [-0.1, -0.05) is 0 Å². The third-order valence-corrected chi connectivity index (χ3v) is 3.52. The molecule has 0 aliphatic carbocycles. The molecular weight excluding hydrogens is 296 g/mol. The maximum Gasteiger partial charge on any atom is 0.302 e. The van der Waals surface area contributed by atoms with Gasteiger partial charge in [-0.25, -0.2) is 4.98 Å². The van der Waals surface area contributed by atoms with Gasteiger partial charge in [0.1, 0.15) is 6.10 Å². The van der Waals surface area contributed by atoms with E-state index in [1.807, 2.05) is 0 Å². The summed E-state index contributed by atoms with van der Waals surface area (Å²) < 4.78 is 5.30. The Balaban J connectivity index is 1.90. The van der Waals surface area contributed by atoms with Crippen molar-refractivity contribution in [3.05, 3.63) is 6.33 Å². The Morgan fingerprint density at radius 3 is 2.91 bits per heavy atom. The molecule has 0 bridgehead atoms. The molecule has 2 N–H and O–H groups in total. The van der Waals surface area contributed by atoms with Crippen LogP contribution in [0, 0.1) is 0 Å². The molecule has 0 radical (unpaired) electrons. The molecule has 1 saturated heterocycles. The molecule has 8 heteroatoms. The van der Waals surface area contributed by atoms with Gasteiger partial charge in [-0.05, 0) is 20.8 Å². The van der Waals surface area contributed by atoms with E-state index < -0.39 is 0 Å². The summed E-state index contributed by atoms with van der Waals surface area (Å²) in [4.78, 5) is 29.7. The Hall–Kier alpha value is -2.38. The molecule has 3 rings (SSSR count). The van der Waals surface area contributed by atoms with Crippen molar-refractivity contribution >= 4 is 28.9 Å². The molecule has 8 nitrogen and oxygen atoms in total. The monoisotopic (exact) mass is 318 g/mol. The van der Waals surface area contributed by atoms with Gasteiger partial charge in [0.05, 0.1) is 12.9 Å². The number of H-pyrrole nitrogens is 1. The quantitative estimate of drug-likeness (QED) is 0.832. The van der Waals surface area contributed by atoms with E-state index in [1.165, 1.54) is 6.92 Å². The van der Waals surface area contributed by atoms with Crippen molar-refractivity contribution in [1.29, 1.82) is 0 Å². The molecule has 1 aliphatic rings. The molecule has 0 saturated carbocycles. The lowest BCUT2D eigenvalue weighted by molar-refractivity contribution is -0.145. The number of carbonyl (C=O) groups excluding carboxylic acids is 1. The molecule has 3 heterocycles. The van der Waals surface area contributed by atoms with Crippen molar-refractivity contribution in [3.8, 4) is 0 Å². The third-order valence-electron chi connectivity index (χ3n) is 3.52. The molecule has 1 fully saturated rings. The maximum atomic E-state index is 11.1. The van der Waals surface area contributed by atoms with Gasteiger partial charge in [0.25, 0.3) is 0 Å². The highest BCUT2D eigenvalue weighted by atomic mass is 16.5. The van der Waals surface area contributed by atoms with E-state index in [9.17, 15) is 4.79 Å². The third kappa shape index (κ3) is 3.52. The Morgan fingerprint density at radius 1 is 1.43 bits per heavy atom. The van der Waals surface area contributed by atoms with E-state index in [0.29, 0.717) is 18.1 Å². The summed E-state index contributed by atoms with van der Waals surface area (Å²) in [6.07, 6.45) is 2.30. The number of hydrogen-bond donors (Lipinski definition) is 2. The zero-order valence-corrected chi connectivity index (χ0v) is 13.9. The molecule has 0 unspecified atom stereocenters. The zero-order chi connectivity index (χ0) is 16.6. The standard InChI is InChI=1S/C15H22N6O2/c1-9(22)23-10-5-6-21(7-10)13-11-12(17-8-16-11)18-14(19-13)20-15(2,3)4/h8,10H,5-7H2,1-4H3,(H2,16,17,18,19,20)/t10-/m0/s1. The number of carbonyl (C=O) groups is 1. The number of nitrogens with one attached hydrogen (secondary N) is 2. The van der Waals surface area contributed by atoms with Crippen LogP contribution in [0.25, 0.3) is 11.2 Å². The minimum absolute atomic E-state index is 0.101. The fourth-order valence-electron chi connectivity index (χ4n) is 2.68. The summed E-state index contributed by atoms with van der Waals surface area (Å²) in [7, 11) is 0. The van der Waals surface area contributed by atoms with Crippen molar-refractivity contribution in [2.45, 2.75) is 45.8 Å². The molecule has 2 aromatic rings. The minimum Gasteiger partial charge on any atom is -0.461 e. The van der Waals surface area contributed by atoms with Crippen LogP contribution in [0.2, 0.25) is 0 Å². The average Bonchev–Trinajstić information content (AvgIpc) is 3.03. The van der Waals surface area contributed by atoms with E-state index in [-0.39, 0.29) is 17.6 Å². The normalized spacial score (nSPS) is 18.4. The first-order chi connectivity index (χ1) is 10.8. The van der Waals surface area contributed by atoms with Crippen LogP contribution >= 0.6 is 0 Å². The van der Waals surface area contributed by atoms with Crippen molar-refractivity contribution < 1.29 is 9.53 Å². The summed E-state index contributed by atoms with van der Waals surface area (Å²) in [5.74, 6) is 1.07. The lowest BCUT2D eigenvalue weighted by Gasteiger charge is -2.23. The van der Waals surface area contributed by atoms with Gasteiger partial charge in [-0.15, -0.1) is 0 Å². The predicted octanol–water partition coefficient (Wildman–Crippen LogP) is 1.71. The Morgan fingerprint density at radius 2 is 2.22 bits per heavy atom. The molecule has 23 heavy (non-hydrogen) atoms. The van der Waals surface area contributed by atoms with E-state index in [4.69, 9.17) is 4.74 Å². The average molecular weight is 318 g/mol. The summed E-state index contributed by atoms with van der Waals surface area (Å²) in [5, 5.41) is 3.29. The minimum atomic E-state index is -0.250. The lowest BCUT2D eigenvalue weighted by Crippen LogP contribution is -2.29. The smallest absolute Gasteiger partial charge is 0.302 e. The highest BCUT2D eigenvalue weighted by Crippen LogP contribution is 2.27. The molecular formula is C15H22N6O2. The lowest BCUT2D eigenvalue weighted by atomic mass is 10.1. The number of fused-ring (bicyclic) bond motifs is 1. The van der Waals surface area contributed by atoms with Gasteiger partial charge < -0.3 is 19.9 Å². The molecule has 0 amide bonds. The second kappa shape index (κ2) is 5.68. The number of rotatable bonds is 3. The molecule has 0 spiro atoms. The van der Waals surface area contributed by atoms with E-state index in [0.717, 1.165) is 24.3 Å². The van der Waals surface area contributed by atoms with Gasteiger partial charge in [-0.2, -0.15) is 9.97 Å². The molecule has 0 aromatic carbocycles. The molecule has 124 valence electrons. The van der Waals surface area contributed by atoms with Crippen LogP contribution in [-0.4, -0.2) is 50.6 Å². The second-order valence-electron chi connectivity index (χ2n) is 6.81. The van der Waals surface area contributed by atoms with E-state index in [2.05, 4.69) is 50.9 Å². The number of anilines is 2. The van der Waals surface area contributed by atoms with Gasteiger partial charge in [0.15, 0.2) is 17.0 Å². The van der Waals surface area contributed by atoms with Crippen LogP contribution < -0.4 is 10.2 Å². The van der Waals surface area contributed by atoms with Gasteiger partial charge in [0.2, 0.25) is 5.95 Å². The van der Waals surface area contributed by atoms with Crippen LogP contribution in [0.15, 0.2) is 6.33 Å². The summed E-state index contributed by atoms with van der Waals surface area (Å²) >= 11 is 0. The molecule has 1 aliphatic heterocycles. The fourth-order valence-corrected chi connectivity index (χ4v) is 2.68. The highest BCUT2D eigenvalue weighted by Gasteiger charge is 2.28. The van der Waals surface area contributed by atoms with Gasteiger partial charge >= 0.3 is 5.97 Å². The second-order valence-corrected chi connectivity index (χ2v) is 6.81. The topological polar surface area (TPSA) is 96.0 Å². The van der Waals surface area contributed by atoms with Crippen molar-refractivity contribution in [1.82, 2.24) is 19.9 Å². The summed E-state index contributed by atoms with van der Waals surface area (Å²) in [5.41, 5.74) is 1.28. The van der Waals surface area contributed by atoms with E-state index in [1.54, 1.807) is 6.33 Å². The first-order valence-electron chi connectivity index (χ1n) is 7.73. The number of esters is 1. The summed E-state index contributed by atoms with van der Waals surface area (Å²) in [6.45, 7) is 8.99.